The molecule has 2 N–H and O–H groups in total. The maximum atomic E-state index is 12.1. The zero-order chi connectivity index (χ0) is 11.7. The van der Waals surface area contributed by atoms with Gasteiger partial charge in [0.2, 0.25) is 0 Å². The van der Waals surface area contributed by atoms with Crippen molar-refractivity contribution in [3.63, 3.8) is 0 Å². The fourth-order valence-corrected chi connectivity index (χ4v) is 2.69. The van der Waals surface area contributed by atoms with Gasteiger partial charge >= 0.3 is 0 Å². The first-order valence-corrected chi connectivity index (χ1v) is 6.24. The van der Waals surface area contributed by atoms with Crippen LogP contribution in [0.1, 0.15) is 16.8 Å². The third-order valence-corrected chi connectivity index (χ3v) is 3.30. The molecule has 1 unspecified atom stereocenters. The fourth-order valence-electron chi connectivity index (χ4n) is 1.83. The third-order valence-electron chi connectivity index (χ3n) is 2.62. The molecule has 3 nitrogen and oxygen atoms in total. The fraction of sp³-hybridized carbons (Fsp3) is 0.364. The van der Waals surface area contributed by atoms with Gasteiger partial charge in [0.1, 0.15) is 0 Å². The highest BCUT2D eigenvalue weighted by Crippen LogP contribution is 2.21. The lowest BCUT2D eigenvalue weighted by Gasteiger charge is -2.16. The molecule has 0 aliphatic carbocycles. The number of hydrogen-bond donors (Lipinski definition) is 1. The Morgan fingerprint density at radius 3 is 2.81 bits per heavy atom. The van der Waals surface area contributed by atoms with Crippen molar-refractivity contribution < 1.29 is 4.79 Å². The zero-order valence-electron chi connectivity index (χ0n) is 8.62. The Bertz CT molecular complexity index is 404. The first-order valence-electron chi connectivity index (χ1n) is 5.07. The molecule has 0 saturated carbocycles. The SMILES string of the molecule is NC1CCN(C(=O)c2cc(Cl)cc(Br)c2)C1. The summed E-state index contributed by atoms with van der Waals surface area (Å²) in [5.41, 5.74) is 6.38. The third kappa shape index (κ3) is 2.56. The van der Waals surface area contributed by atoms with E-state index >= 15 is 0 Å². The molecule has 16 heavy (non-hydrogen) atoms. The van der Waals surface area contributed by atoms with Gasteiger partial charge in [0.05, 0.1) is 0 Å². The monoisotopic (exact) mass is 302 g/mol. The highest BCUT2D eigenvalue weighted by Gasteiger charge is 2.24. The molecule has 1 amide bonds. The number of nitrogens with zero attached hydrogens (tertiary/aromatic N) is 1. The second-order valence-electron chi connectivity index (χ2n) is 3.96. The molecule has 5 heteroatoms. The molecule has 86 valence electrons. The van der Waals surface area contributed by atoms with Crippen LogP contribution in [0.3, 0.4) is 0 Å². The summed E-state index contributed by atoms with van der Waals surface area (Å²) in [5.74, 6) is -0.00356. The maximum absolute atomic E-state index is 12.1. The minimum Gasteiger partial charge on any atom is -0.337 e. The number of nitrogens with two attached hydrogens (primary N) is 1. The van der Waals surface area contributed by atoms with Gasteiger partial charge in [-0.25, -0.2) is 0 Å². The van der Waals surface area contributed by atoms with Crippen LogP contribution >= 0.6 is 27.5 Å². The lowest BCUT2D eigenvalue weighted by molar-refractivity contribution is 0.0791. The molecule has 0 aromatic heterocycles. The Morgan fingerprint density at radius 1 is 1.50 bits per heavy atom. The summed E-state index contributed by atoms with van der Waals surface area (Å²) in [4.78, 5) is 13.9. The van der Waals surface area contributed by atoms with Crippen LogP contribution in [0.5, 0.6) is 0 Å². The van der Waals surface area contributed by atoms with Crippen molar-refractivity contribution in [2.75, 3.05) is 13.1 Å². The number of benzene rings is 1. The van der Waals surface area contributed by atoms with Crippen LogP contribution in [0.15, 0.2) is 22.7 Å². The number of rotatable bonds is 1. The van der Waals surface area contributed by atoms with Gasteiger partial charge in [-0.15, -0.1) is 0 Å². The Kier molecular flexibility index (Phi) is 3.52. The first-order chi connectivity index (χ1) is 7.56. The van der Waals surface area contributed by atoms with Crippen LogP contribution in [-0.2, 0) is 0 Å². The van der Waals surface area contributed by atoms with Gasteiger partial charge in [-0.3, -0.25) is 4.79 Å². The molecular weight excluding hydrogens is 291 g/mol. The molecule has 0 bridgehead atoms. The Hall–Kier alpha value is -0.580. The molecule has 1 aromatic carbocycles. The number of carbonyl (C=O) groups is 1. The van der Waals surface area contributed by atoms with Crippen molar-refractivity contribution in [3.8, 4) is 0 Å². The minimum absolute atomic E-state index is 0.00356. The first kappa shape index (κ1) is 11.9. The summed E-state index contributed by atoms with van der Waals surface area (Å²) < 4.78 is 0.812. The van der Waals surface area contributed by atoms with Gasteiger partial charge in [0.15, 0.2) is 0 Å². The Balaban J connectivity index is 2.20. The Labute approximate surface area is 108 Å². The van der Waals surface area contributed by atoms with Crippen LogP contribution in [0.4, 0.5) is 0 Å². The zero-order valence-corrected chi connectivity index (χ0v) is 11.0. The summed E-state index contributed by atoms with van der Waals surface area (Å²) in [6, 6.07) is 5.32. The molecule has 1 aromatic rings. The summed E-state index contributed by atoms with van der Waals surface area (Å²) in [6.45, 7) is 1.35. The number of amides is 1. The quantitative estimate of drug-likeness (QED) is 0.865. The van der Waals surface area contributed by atoms with Crippen LogP contribution in [0, 0.1) is 0 Å². The summed E-state index contributed by atoms with van der Waals surface area (Å²) in [5, 5.41) is 0.557. The van der Waals surface area contributed by atoms with Gasteiger partial charge in [0.25, 0.3) is 5.91 Å². The van der Waals surface area contributed by atoms with E-state index in [-0.39, 0.29) is 11.9 Å². The predicted octanol–water partition coefficient (Wildman–Crippen LogP) is 2.28. The van der Waals surface area contributed by atoms with E-state index < -0.39 is 0 Å². The normalized spacial score (nSPS) is 20.2. The van der Waals surface area contributed by atoms with E-state index in [1.807, 2.05) is 0 Å². The van der Waals surface area contributed by atoms with E-state index in [1.54, 1.807) is 23.1 Å². The van der Waals surface area contributed by atoms with E-state index in [4.69, 9.17) is 17.3 Å². The topological polar surface area (TPSA) is 46.3 Å². The smallest absolute Gasteiger partial charge is 0.253 e. The molecule has 0 radical (unpaired) electrons. The number of carbonyl (C=O) groups excluding carboxylic acids is 1. The van der Waals surface area contributed by atoms with Crippen LogP contribution in [-0.4, -0.2) is 29.9 Å². The molecule has 1 aliphatic rings. The average Bonchev–Trinajstić information content (AvgIpc) is 2.62. The van der Waals surface area contributed by atoms with Crippen LogP contribution < -0.4 is 5.73 Å². The molecule has 1 saturated heterocycles. The predicted molar refractivity (Wildman–Crippen MR) is 67.6 cm³/mol. The summed E-state index contributed by atoms with van der Waals surface area (Å²) >= 11 is 9.23. The highest BCUT2D eigenvalue weighted by molar-refractivity contribution is 9.10. The van der Waals surface area contributed by atoms with E-state index in [2.05, 4.69) is 15.9 Å². The molecule has 0 spiro atoms. The molecule has 2 rings (SSSR count). The molecule has 1 atom stereocenters. The van der Waals surface area contributed by atoms with Crippen molar-refractivity contribution in [2.45, 2.75) is 12.5 Å². The highest BCUT2D eigenvalue weighted by atomic mass is 79.9. The van der Waals surface area contributed by atoms with Gasteiger partial charge in [-0.1, -0.05) is 27.5 Å². The lowest BCUT2D eigenvalue weighted by atomic mass is 10.2. The van der Waals surface area contributed by atoms with Crippen LogP contribution in [0.2, 0.25) is 5.02 Å². The summed E-state index contributed by atoms with van der Waals surface area (Å²) in [6.07, 6.45) is 0.869. The van der Waals surface area contributed by atoms with E-state index in [1.165, 1.54) is 0 Å². The number of halogens is 2. The molecule has 1 heterocycles. The van der Waals surface area contributed by atoms with Crippen molar-refractivity contribution in [1.82, 2.24) is 4.90 Å². The van der Waals surface area contributed by atoms with E-state index in [9.17, 15) is 4.79 Å². The van der Waals surface area contributed by atoms with Crippen molar-refractivity contribution in [1.29, 1.82) is 0 Å². The van der Waals surface area contributed by atoms with Crippen molar-refractivity contribution >= 4 is 33.4 Å². The standard InChI is InChI=1S/C11H12BrClN2O/c12-8-3-7(4-9(13)5-8)11(16)15-2-1-10(14)6-15/h3-5,10H,1-2,6,14H2. The lowest BCUT2D eigenvalue weighted by Crippen LogP contribution is -2.31. The van der Waals surface area contributed by atoms with Crippen molar-refractivity contribution in [2.24, 2.45) is 5.73 Å². The molecular formula is C11H12BrClN2O. The van der Waals surface area contributed by atoms with Gasteiger partial charge in [0, 0.05) is 34.2 Å². The van der Waals surface area contributed by atoms with Gasteiger partial charge in [-0.2, -0.15) is 0 Å². The van der Waals surface area contributed by atoms with Crippen molar-refractivity contribution in [3.05, 3.63) is 33.3 Å². The largest absolute Gasteiger partial charge is 0.337 e. The molecule has 1 fully saturated rings. The number of likely N-dealkylation sites (tertiary alicyclic amines) is 1. The molecule has 1 aliphatic heterocycles. The van der Waals surface area contributed by atoms with Gasteiger partial charge < -0.3 is 10.6 Å². The summed E-state index contributed by atoms with van der Waals surface area (Å²) in [7, 11) is 0. The minimum atomic E-state index is -0.00356. The average molecular weight is 304 g/mol. The number of hydrogen-bond acceptors (Lipinski definition) is 2. The maximum Gasteiger partial charge on any atom is 0.253 e. The van der Waals surface area contributed by atoms with E-state index in [0.717, 1.165) is 17.4 Å². The van der Waals surface area contributed by atoms with Crippen LogP contribution in [0.25, 0.3) is 0 Å². The second-order valence-corrected chi connectivity index (χ2v) is 5.31. The van der Waals surface area contributed by atoms with E-state index in [0.29, 0.717) is 17.1 Å². The van der Waals surface area contributed by atoms with Gasteiger partial charge in [-0.05, 0) is 24.6 Å². The second kappa shape index (κ2) is 4.73. The Morgan fingerprint density at radius 2 is 2.25 bits per heavy atom.